The molecule has 0 bridgehead atoms. The van der Waals surface area contributed by atoms with E-state index in [0.29, 0.717) is 12.2 Å². The number of aromatic nitrogens is 2. The SMILES string of the molecule is O=[N+]([O-])c1c(Cl)ncnc1Oc1ccc(CCO)cc1. The molecule has 2 rings (SSSR count). The van der Waals surface area contributed by atoms with Gasteiger partial charge in [-0.3, -0.25) is 10.1 Å². The molecule has 20 heavy (non-hydrogen) atoms. The van der Waals surface area contributed by atoms with Crippen molar-refractivity contribution in [3.05, 3.63) is 51.4 Å². The average Bonchev–Trinajstić information content (AvgIpc) is 2.41. The molecule has 2 aromatic rings. The number of nitrogens with zero attached hydrogens (tertiary/aromatic N) is 3. The van der Waals surface area contributed by atoms with Crippen LogP contribution in [0.1, 0.15) is 5.56 Å². The average molecular weight is 296 g/mol. The normalized spacial score (nSPS) is 10.3. The van der Waals surface area contributed by atoms with Crippen LogP contribution in [0.5, 0.6) is 11.6 Å². The summed E-state index contributed by atoms with van der Waals surface area (Å²) in [5.41, 5.74) is 0.448. The quantitative estimate of drug-likeness (QED) is 0.516. The van der Waals surface area contributed by atoms with Gasteiger partial charge in [-0.1, -0.05) is 23.7 Å². The Bertz CT molecular complexity index is 619. The van der Waals surface area contributed by atoms with E-state index < -0.39 is 10.6 Å². The summed E-state index contributed by atoms with van der Waals surface area (Å²) in [7, 11) is 0. The largest absolute Gasteiger partial charge is 0.434 e. The van der Waals surface area contributed by atoms with Crippen molar-refractivity contribution in [3.8, 4) is 11.6 Å². The number of halogens is 1. The van der Waals surface area contributed by atoms with Gasteiger partial charge in [-0.05, 0) is 24.1 Å². The van der Waals surface area contributed by atoms with Gasteiger partial charge in [-0.15, -0.1) is 0 Å². The summed E-state index contributed by atoms with van der Waals surface area (Å²) in [6, 6.07) is 6.76. The van der Waals surface area contributed by atoms with E-state index in [-0.39, 0.29) is 17.6 Å². The van der Waals surface area contributed by atoms with Gasteiger partial charge in [-0.25, -0.2) is 4.98 Å². The summed E-state index contributed by atoms with van der Waals surface area (Å²) >= 11 is 5.66. The zero-order valence-electron chi connectivity index (χ0n) is 10.2. The minimum Gasteiger partial charge on any atom is -0.434 e. The molecule has 0 amide bonds. The van der Waals surface area contributed by atoms with E-state index in [0.717, 1.165) is 11.9 Å². The Morgan fingerprint density at radius 2 is 2.00 bits per heavy atom. The molecular weight excluding hydrogens is 286 g/mol. The zero-order chi connectivity index (χ0) is 14.5. The standard InChI is InChI=1S/C12H10ClN3O4/c13-11-10(16(18)19)12(15-7-14-11)20-9-3-1-8(2-4-9)5-6-17/h1-4,7,17H,5-6H2. The van der Waals surface area contributed by atoms with Crippen LogP contribution in [0.2, 0.25) is 5.15 Å². The summed E-state index contributed by atoms with van der Waals surface area (Å²) in [5.74, 6) is 0.162. The van der Waals surface area contributed by atoms with E-state index in [2.05, 4.69) is 9.97 Å². The second-order valence-corrected chi connectivity index (χ2v) is 4.15. The summed E-state index contributed by atoms with van der Waals surface area (Å²) < 4.78 is 5.35. The lowest BCUT2D eigenvalue weighted by Crippen LogP contribution is -1.98. The molecule has 8 heteroatoms. The molecule has 0 aliphatic rings. The first-order valence-electron chi connectivity index (χ1n) is 5.64. The molecule has 0 spiro atoms. The highest BCUT2D eigenvalue weighted by Gasteiger charge is 2.23. The van der Waals surface area contributed by atoms with Crippen molar-refractivity contribution < 1.29 is 14.8 Å². The predicted molar refractivity (Wildman–Crippen MR) is 71.0 cm³/mol. The fourth-order valence-corrected chi connectivity index (χ4v) is 1.73. The Morgan fingerprint density at radius 3 is 2.60 bits per heavy atom. The van der Waals surface area contributed by atoms with E-state index in [4.69, 9.17) is 21.4 Å². The topological polar surface area (TPSA) is 98.4 Å². The molecule has 1 aromatic carbocycles. The van der Waals surface area contributed by atoms with Gasteiger partial charge in [0.1, 0.15) is 12.1 Å². The molecule has 0 saturated heterocycles. The number of rotatable bonds is 5. The molecule has 1 heterocycles. The number of hydrogen-bond acceptors (Lipinski definition) is 6. The Labute approximate surface area is 119 Å². The smallest absolute Gasteiger partial charge is 0.368 e. The van der Waals surface area contributed by atoms with E-state index in [1.54, 1.807) is 24.3 Å². The van der Waals surface area contributed by atoms with Gasteiger partial charge in [-0.2, -0.15) is 4.98 Å². The maximum absolute atomic E-state index is 10.9. The first-order valence-corrected chi connectivity index (χ1v) is 6.02. The van der Waals surface area contributed by atoms with Gasteiger partial charge in [0.05, 0.1) is 4.92 Å². The van der Waals surface area contributed by atoms with Crippen LogP contribution in [-0.2, 0) is 6.42 Å². The number of hydrogen-bond donors (Lipinski definition) is 1. The molecule has 0 radical (unpaired) electrons. The fraction of sp³-hybridized carbons (Fsp3) is 0.167. The van der Waals surface area contributed by atoms with Crippen LogP contribution in [-0.4, -0.2) is 26.6 Å². The van der Waals surface area contributed by atoms with Crippen LogP contribution < -0.4 is 4.74 Å². The van der Waals surface area contributed by atoms with Crippen molar-refractivity contribution in [2.45, 2.75) is 6.42 Å². The minimum atomic E-state index is -0.697. The van der Waals surface area contributed by atoms with E-state index in [1.165, 1.54) is 0 Å². The van der Waals surface area contributed by atoms with Crippen molar-refractivity contribution in [3.63, 3.8) is 0 Å². The third kappa shape index (κ3) is 3.19. The summed E-state index contributed by atoms with van der Waals surface area (Å²) in [5, 5.41) is 19.4. The highest BCUT2D eigenvalue weighted by Crippen LogP contribution is 2.33. The van der Waals surface area contributed by atoms with E-state index >= 15 is 0 Å². The van der Waals surface area contributed by atoms with Gasteiger partial charge in [0, 0.05) is 6.61 Å². The number of aliphatic hydroxyl groups is 1. The molecule has 0 atom stereocenters. The first kappa shape index (κ1) is 14.2. The van der Waals surface area contributed by atoms with Gasteiger partial charge in [0.2, 0.25) is 5.15 Å². The number of benzene rings is 1. The second kappa shape index (κ2) is 6.27. The Hall–Kier alpha value is -2.25. The van der Waals surface area contributed by atoms with Crippen molar-refractivity contribution >= 4 is 17.3 Å². The maximum atomic E-state index is 10.9. The predicted octanol–water partition coefficient (Wildman–Crippen LogP) is 2.37. The van der Waals surface area contributed by atoms with Crippen molar-refractivity contribution in [1.29, 1.82) is 0 Å². The van der Waals surface area contributed by atoms with E-state index in [1.807, 2.05) is 0 Å². The molecule has 7 nitrogen and oxygen atoms in total. The summed E-state index contributed by atoms with van der Waals surface area (Å²) in [4.78, 5) is 17.5. The third-order valence-corrected chi connectivity index (χ3v) is 2.74. The van der Waals surface area contributed by atoms with Crippen LogP contribution in [0, 0.1) is 10.1 Å². The highest BCUT2D eigenvalue weighted by atomic mass is 35.5. The molecular formula is C12H10ClN3O4. The molecule has 0 aliphatic heterocycles. The Morgan fingerprint density at radius 1 is 1.30 bits per heavy atom. The van der Waals surface area contributed by atoms with Crippen molar-refractivity contribution in [1.82, 2.24) is 9.97 Å². The summed E-state index contributed by atoms with van der Waals surface area (Å²) in [6.45, 7) is 0.0488. The molecule has 0 aliphatic carbocycles. The lowest BCUT2D eigenvalue weighted by Gasteiger charge is -2.06. The Kier molecular flexibility index (Phi) is 4.44. The van der Waals surface area contributed by atoms with Gasteiger partial charge < -0.3 is 9.84 Å². The molecule has 0 saturated carbocycles. The number of nitro groups is 1. The van der Waals surface area contributed by atoms with Gasteiger partial charge >= 0.3 is 11.6 Å². The van der Waals surface area contributed by atoms with Crippen LogP contribution in [0.4, 0.5) is 5.69 Å². The van der Waals surface area contributed by atoms with Crippen LogP contribution in [0.3, 0.4) is 0 Å². The highest BCUT2D eigenvalue weighted by molar-refractivity contribution is 6.31. The second-order valence-electron chi connectivity index (χ2n) is 3.79. The minimum absolute atomic E-state index is 0.0488. The Balaban J connectivity index is 2.26. The van der Waals surface area contributed by atoms with Crippen LogP contribution in [0.15, 0.2) is 30.6 Å². The molecule has 104 valence electrons. The number of aliphatic hydroxyl groups excluding tert-OH is 1. The van der Waals surface area contributed by atoms with Gasteiger partial charge in [0.25, 0.3) is 0 Å². The summed E-state index contributed by atoms with van der Waals surface area (Å²) in [6.07, 6.45) is 1.62. The molecule has 0 unspecified atom stereocenters. The van der Waals surface area contributed by atoms with E-state index in [9.17, 15) is 10.1 Å². The van der Waals surface area contributed by atoms with Crippen molar-refractivity contribution in [2.75, 3.05) is 6.61 Å². The lowest BCUT2D eigenvalue weighted by molar-refractivity contribution is -0.386. The van der Waals surface area contributed by atoms with Crippen molar-refractivity contribution in [2.24, 2.45) is 0 Å². The van der Waals surface area contributed by atoms with Gasteiger partial charge in [0.15, 0.2) is 0 Å². The first-order chi connectivity index (χ1) is 9.61. The third-order valence-electron chi connectivity index (χ3n) is 2.46. The van der Waals surface area contributed by atoms with Crippen LogP contribution >= 0.6 is 11.6 Å². The monoisotopic (exact) mass is 295 g/mol. The molecule has 0 fully saturated rings. The lowest BCUT2D eigenvalue weighted by atomic mass is 10.1. The zero-order valence-corrected chi connectivity index (χ0v) is 10.9. The molecule has 1 N–H and O–H groups in total. The molecule has 1 aromatic heterocycles. The maximum Gasteiger partial charge on any atom is 0.368 e. The number of ether oxygens (including phenoxy) is 1. The fourth-order valence-electron chi connectivity index (χ4n) is 1.54. The van der Waals surface area contributed by atoms with Crippen LogP contribution in [0.25, 0.3) is 0 Å².